The second kappa shape index (κ2) is 2.65. The lowest BCUT2D eigenvalue weighted by Gasteiger charge is -1.99. The quantitative estimate of drug-likeness (QED) is 0.623. The summed E-state index contributed by atoms with van der Waals surface area (Å²) < 4.78 is 0. The first-order valence-corrected chi connectivity index (χ1v) is 3.21. The average Bonchev–Trinajstić information content (AvgIpc) is 1.94. The Kier molecular flexibility index (Phi) is 1.85. The zero-order valence-electron chi connectivity index (χ0n) is 6.46. The maximum Gasteiger partial charge on any atom is 0.267 e. The summed E-state index contributed by atoms with van der Waals surface area (Å²) in [6.45, 7) is 3.46. The van der Waals surface area contributed by atoms with Crippen LogP contribution in [0.5, 0.6) is 0 Å². The molecule has 0 aromatic carbocycles. The number of rotatable bonds is 1. The van der Waals surface area contributed by atoms with E-state index in [9.17, 15) is 4.79 Å². The van der Waals surface area contributed by atoms with Crippen LogP contribution in [-0.4, -0.2) is 15.9 Å². The number of hydrogen-bond acceptors (Lipinski definition) is 3. The topological polar surface area (TPSA) is 68.9 Å². The highest BCUT2D eigenvalue weighted by molar-refractivity contribution is 5.92. The highest BCUT2D eigenvalue weighted by Gasteiger charge is 2.05. The molecule has 0 unspecified atom stereocenters. The van der Waals surface area contributed by atoms with Gasteiger partial charge in [-0.2, -0.15) is 0 Å². The van der Waals surface area contributed by atoms with Gasteiger partial charge in [-0.15, -0.1) is 0 Å². The van der Waals surface area contributed by atoms with E-state index < -0.39 is 5.91 Å². The van der Waals surface area contributed by atoms with Gasteiger partial charge in [-0.3, -0.25) is 4.79 Å². The number of carbonyl (C=O) groups excluding carboxylic acids is 1. The lowest BCUT2D eigenvalue weighted by Crippen LogP contribution is -2.15. The predicted octanol–water partition coefficient (Wildman–Crippen LogP) is 0.192. The van der Waals surface area contributed by atoms with Crippen molar-refractivity contribution in [3.05, 3.63) is 23.3 Å². The van der Waals surface area contributed by atoms with E-state index >= 15 is 0 Å². The summed E-state index contributed by atoms with van der Waals surface area (Å²) in [6, 6.07) is 0. The van der Waals surface area contributed by atoms with Crippen molar-refractivity contribution >= 4 is 5.91 Å². The number of hydrogen-bond donors (Lipinski definition) is 1. The van der Waals surface area contributed by atoms with Crippen LogP contribution in [0, 0.1) is 13.8 Å². The molecule has 11 heavy (non-hydrogen) atoms. The molecule has 1 amide bonds. The molecule has 4 heteroatoms. The SMILES string of the molecule is Cc1ncc(C)c(C(N)=O)n1. The van der Waals surface area contributed by atoms with Crippen LogP contribution in [0.25, 0.3) is 0 Å². The molecule has 1 aromatic heterocycles. The van der Waals surface area contributed by atoms with Crippen molar-refractivity contribution in [3.63, 3.8) is 0 Å². The Balaban J connectivity index is 3.23. The Morgan fingerprint density at radius 1 is 1.55 bits per heavy atom. The van der Waals surface area contributed by atoms with Crippen LogP contribution in [0.2, 0.25) is 0 Å². The number of primary amides is 1. The van der Waals surface area contributed by atoms with Gasteiger partial charge < -0.3 is 5.73 Å². The number of nitrogens with zero attached hydrogens (tertiary/aromatic N) is 2. The van der Waals surface area contributed by atoms with Gasteiger partial charge in [0, 0.05) is 6.20 Å². The fourth-order valence-corrected chi connectivity index (χ4v) is 0.780. The molecule has 1 rings (SSSR count). The van der Waals surface area contributed by atoms with E-state index in [4.69, 9.17) is 5.73 Å². The first kappa shape index (κ1) is 7.65. The molecule has 0 aliphatic heterocycles. The molecule has 0 aliphatic carbocycles. The molecule has 0 saturated heterocycles. The minimum absolute atomic E-state index is 0.303. The molecule has 1 heterocycles. The average molecular weight is 151 g/mol. The minimum atomic E-state index is -0.506. The van der Waals surface area contributed by atoms with E-state index in [1.54, 1.807) is 20.0 Å². The highest BCUT2D eigenvalue weighted by atomic mass is 16.1. The Labute approximate surface area is 64.5 Å². The Hall–Kier alpha value is -1.45. The van der Waals surface area contributed by atoms with Crippen molar-refractivity contribution < 1.29 is 4.79 Å². The molecule has 2 N–H and O–H groups in total. The number of nitrogens with two attached hydrogens (primary N) is 1. The molecule has 0 aliphatic rings. The van der Waals surface area contributed by atoms with Gasteiger partial charge in [0.2, 0.25) is 0 Å². The standard InChI is InChI=1S/C7H9N3O/c1-4-3-9-5(2)10-6(4)7(8)11/h3H,1-2H3,(H2,8,11). The van der Waals surface area contributed by atoms with E-state index in [2.05, 4.69) is 9.97 Å². The second-order valence-electron chi connectivity index (χ2n) is 2.31. The number of amides is 1. The van der Waals surface area contributed by atoms with Crippen LogP contribution < -0.4 is 5.73 Å². The zero-order chi connectivity index (χ0) is 8.43. The predicted molar refractivity (Wildman–Crippen MR) is 40.0 cm³/mol. The van der Waals surface area contributed by atoms with Gasteiger partial charge >= 0.3 is 0 Å². The highest BCUT2D eigenvalue weighted by Crippen LogP contribution is 2.01. The normalized spacial score (nSPS) is 9.64. The molecule has 0 saturated carbocycles. The summed E-state index contributed by atoms with van der Waals surface area (Å²) in [4.78, 5) is 18.5. The molecule has 4 nitrogen and oxygen atoms in total. The monoisotopic (exact) mass is 151 g/mol. The third kappa shape index (κ3) is 1.52. The summed E-state index contributed by atoms with van der Waals surface area (Å²) in [7, 11) is 0. The molecular formula is C7H9N3O. The van der Waals surface area contributed by atoms with Crippen LogP contribution in [0.4, 0.5) is 0 Å². The number of carbonyl (C=O) groups is 1. The van der Waals surface area contributed by atoms with Gasteiger partial charge in [0.25, 0.3) is 5.91 Å². The van der Waals surface area contributed by atoms with Gasteiger partial charge in [-0.1, -0.05) is 0 Å². The maximum absolute atomic E-state index is 10.7. The van der Waals surface area contributed by atoms with Gasteiger partial charge in [-0.25, -0.2) is 9.97 Å². The number of aromatic nitrogens is 2. The Morgan fingerprint density at radius 2 is 2.18 bits per heavy atom. The van der Waals surface area contributed by atoms with Crippen LogP contribution in [0.15, 0.2) is 6.20 Å². The second-order valence-corrected chi connectivity index (χ2v) is 2.31. The molecule has 0 atom stereocenters. The summed E-state index contributed by atoms with van der Waals surface area (Å²) in [5, 5.41) is 0. The minimum Gasteiger partial charge on any atom is -0.364 e. The third-order valence-corrected chi connectivity index (χ3v) is 1.33. The van der Waals surface area contributed by atoms with Crippen LogP contribution in [-0.2, 0) is 0 Å². The molecule has 1 aromatic rings. The van der Waals surface area contributed by atoms with Crippen molar-refractivity contribution in [2.45, 2.75) is 13.8 Å². The van der Waals surface area contributed by atoms with Crippen LogP contribution in [0.1, 0.15) is 21.9 Å². The fourth-order valence-electron chi connectivity index (χ4n) is 0.780. The van der Waals surface area contributed by atoms with Crippen molar-refractivity contribution in [3.8, 4) is 0 Å². The van der Waals surface area contributed by atoms with E-state index in [1.165, 1.54) is 0 Å². The summed E-state index contributed by atoms with van der Waals surface area (Å²) in [5.74, 6) is 0.0531. The smallest absolute Gasteiger partial charge is 0.267 e. The van der Waals surface area contributed by atoms with E-state index in [-0.39, 0.29) is 0 Å². The van der Waals surface area contributed by atoms with E-state index in [1.807, 2.05) is 0 Å². The van der Waals surface area contributed by atoms with Gasteiger partial charge in [-0.05, 0) is 19.4 Å². The molecule has 0 bridgehead atoms. The van der Waals surface area contributed by atoms with Crippen molar-refractivity contribution in [2.24, 2.45) is 5.73 Å². The first-order chi connectivity index (χ1) is 5.11. The van der Waals surface area contributed by atoms with Crippen molar-refractivity contribution in [2.75, 3.05) is 0 Å². The largest absolute Gasteiger partial charge is 0.364 e. The lowest BCUT2D eigenvalue weighted by atomic mass is 10.2. The first-order valence-electron chi connectivity index (χ1n) is 3.21. The van der Waals surface area contributed by atoms with Gasteiger partial charge in [0.1, 0.15) is 11.5 Å². The van der Waals surface area contributed by atoms with Gasteiger partial charge in [0.05, 0.1) is 0 Å². The lowest BCUT2D eigenvalue weighted by molar-refractivity contribution is 0.0994. The molecule has 0 spiro atoms. The number of aryl methyl sites for hydroxylation is 2. The van der Waals surface area contributed by atoms with E-state index in [0.717, 1.165) is 0 Å². The Morgan fingerprint density at radius 3 is 2.64 bits per heavy atom. The summed E-state index contributed by atoms with van der Waals surface area (Å²) in [6.07, 6.45) is 1.59. The molecule has 0 fully saturated rings. The molecule has 58 valence electrons. The molecular weight excluding hydrogens is 142 g/mol. The maximum atomic E-state index is 10.7. The van der Waals surface area contributed by atoms with Crippen molar-refractivity contribution in [1.82, 2.24) is 9.97 Å². The Bertz CT molecular complexity index is 296. The summed E-state index contributed by atoms with van der Waals surface area (Å²) >= 11 is 0. The molecule has 0 radical (unpaired) electrons. The van der Waals surface area contributed by atoms with Crippen molar-refractivity contribution in [1.29, 1.82) is 0 Å². The van der Waals surface area contributed by atoms with Crippen LogP contribution >= 0.6 is 0 Å². The van der Waals surface area contributed by atoms with E-state index in [0.29, 0.717) is 17.1 Å². The van der Waals surface area contributed by atoms with Gasteiger partial charge in [0.15, 0.2) is 0 Å². The zero-order valence-corrected chi connectivity index (χ0v) is 6.46. The van der Waals surface area contributed by atoms with Crippen LogP contribution in [0.3, 0.4) is 0 Å². The third-order valence-electron chi connectivity index (χ3n) is 1.33. The summed E-state index contributed by atoms with van der Waals surface area (Å²) in [5.41, 5.74) is 6.07. The fraction of sp³-hybridized carbons (Fsp3) is 0.286.